The average Bonchev–Trinajstić information content (AvgIpc) is 2.77. The third-order valence-electron chi connectivity index (χ3n) is 2.63. The van der Waals surface area contributed by atoms with Crippen molar-refractivity contribution in [2.75, 3.05) is 0 Å². The number of rotatable bonds is 3. The summed E-state index contributed by atoms with van der Waals surface area (Å²) in [7, 11) is 0. The lowest BCUT2D eigenvalue weighted by atomic mass is 10.1. The summed E-state index contributed by atoms with van der Waals surface area (Å²) in [4.78, 5) is 4.10. The summed E-state index contributed by atoms with van der Waals surface area (Å²) in [5.41, 5.74) is 6.00. The molecule has 2 N–H and O–H groups in total. The van der Waals surface area contributed by atoms with Crippen LogP contribution in [0, 0.1) is 11.7 Å². The second-order valence-corrected chi connectivity index (χ2v) is 4.73. The maximum absolute atomic E-state index is 13.7. The van der Waals surface area contributed by atoms with Crippen LogP contribution in [0.15, 0.2) is 22.7 Å². The van der Waals surface area contributed by atoms with E-state index >= 15 is 0 Å². The van der Waals surface area contributed by atoms with E-state index in [1.807, 2.05) is 13.8 Å². The molecule has 0 aliphatic rings. The van der Waals surface area contributed by atoms with Gasteiger partial charge >= 0.3 is 0 Å². The smallest absolute Gasteiger partial charge is 0.262 e. The minimum atomic E-state index is -0.504. The molecule has 6 heteroatoms. The highest BCUT2D eigenvalue weighted by Crippen LogP contribution is 2.30. The van der Waals surface area contributed by atoms with Gasteiger partial charge in [0.15, 0.2) is 5.82 Å². The van der Waals surface area contributed by atoms with Crippen LogP contribution in [0.2, 0.25) is 5.02 Å². The van der Waals surface area contributed by atoms with Gasteiger partial charge < -0.3 is 10.3 Å². The third kappa shape index (κ3) is 2.37. The highest BCUT2D eigenvalue weighted by Gasteiger charge is 2.21. The Labute approximate surface area is 109 Å². The minimum absolute atomic E-state index is 0.0456. The van der Waals surface area contributed by atoms with Gasteiger partial charge in [0.25, 0.3) is 5.89 Å². The fourth-order valence-corrected chi connectivity index (χ4v) is 1.72. The summed E-state index contributed by atoms with van der Waals surface area (Å²) in [6.45, 7) is 3.88. The number of aromatic nitrogens is 2. The first-order chi connectivity index (χ1) is 8.50. The summed E-state index contributed by atoms with van der Waals surface area (Å²) < 4.78 is 18.7. The van der Waals surface area contributed by atoms with Crippen molar-refractivity contribution < 1.29 is 8.91 Å². The largest absolute Gasteiger partial charge is 0.334 e. The molecule has 0 bridgehead atoms. The van der Waals surface area contributed by atoms with Crippen molar-refractivity contribution in [2.24, 2.45) is 11.7 Å². The Kier molecular flexibility index (Phi) is 3.63. The van der Waals surface area contributed by atoms with Gasteiger partial charge in [0.2, 0.25) is 0 Å². The predicted octanol–water partition coefficient (Wildman–Crippen LogP) is 3.18. The molecule has 4 nitrogen and oxygen atoms in total. The van der Waals surface area contributed by atoms with E-state index in [4.69, 9.17) is 21.9 Å². The first-order valence-electron chi connectivity index (χ1n) is 5.54. The van der Waals surface area contributed by atoms with Gasteiger partial charge in [0, 0.05) is 0 Å². The molecule has 0 amide bonds. The molecule has 0 aliphatic carbocycles. The molecular weight excluding hydrogens is 257 g/mol. The zero-order valence-corrected chi connectivity index (χ0v) is 10.8. The van der Waals surface area contributed by atoms with E-state index < -0.39 is 5.82 Å². The summed E-state index contributed by atoms with van der Waals surface area (Å²) in [5.74, 6) is 0.0471. The van der Waals surface area contributed by atoms with Crippen LogP contribution in [0.4, 0.5) is 4.39 Å². The number of hydrogen-bond acceptors (Lipinski definition) is 4. The minimum Gasteiger partial charge on any atom is -0.334 e. The lowest BCUT2D eigenvalue weighted by Gasteiger charge is -2.09. The topological polar surface area (TPSA) is 64.9 Å². The first kappa shape index (κ1) is 13.0. The molecule has 0 radical (unpaired) electrons. The van der Waals surface area contributed by atoms with Crippen LogP contribution in [0.1, 0.15) is 25.7 Å². The number of benzene rings is 1. The van der Waals surface area contributed by atoms with Crippen molar-refractivity contribution in [3.8, 4) is 11.5 Å². The lowest BCUT2D eigenvalue weighted by Crippen LogP contribution is -2.18. The van der Waals surface area contributed by atoms with Crippen molar-refractivity contribution in [3.63, 3.8) is 0 Å². The Morgan fingerprint density at radius 1 is 1.39 bits per heavy atom. The maximum Gasteiger partial charge on any atom is 0.262 e. The van der Waals surface area contributed by atoms with Crippen LogP contribution in [0.25, 0.3) is 11.5 Å². The Balaban J connectivity index is 2.41. The molecule has 18 heavy (non-hydrogen) atoms. The lowest BCUT2D eigenvalue weighted by molar-refractivity contribution is 0.398. The van der Waals surface area contributed by atoms with Crippen LogP contribution >= 0.6 is 11.6 Å². The molecule has 1 aromatic carbocycles. The molecule has 0 saturated carbocycles. The Hall–Kier alpha value is -1.46. The van der Waals surface area contributed by atoms with Gasteiger partial charge in [-0.2, -0.15) is 4.98 Å². The van der Waals surface area contributed by atoms with E-state index in [9.17, 15) is 4.39 Å². The highest BCUT2D eigenvalue weighted by molar-refractivity contribution is 6.33. The summed E-state index contributed by atoms with van der Waals surface area (Å²) in [6.07, 6.45) is 0. The SMILES string of the molecule is CC(C)C(N)c1noc(-c2c(F)cccc2Cl)n1. The third-order valence-corrected chi connectivity index (χ3v) is 2.95. The molecule has 2 rings (SSSR count). The standard InChI is InChI=1S/C12H13ClFN3O/c1-6(2)10(15)11-16-12(18-17-11)9-7(13)4-3-5-8(9)14/h3-6,10H,15H2,1-2H3. The normalized spacial score (nSPS) is 13.0. The summed E-state index contributed by atoms with van der Waals surface area (Å²) in [5, 5.41) is 3.98. The van der Waals surface area contributed by atoms with Crippen LogP contribution in [-0.2, 0) is 0 Å². The highest BCUT2D eigenvalue weighted by atomic mass is 35.5. The van der Waals surface area contributed by atoms with Gasteiger partial charge in [0.05, 0.1) is 16.6 Å². The number of nitrogens with zero attached hydrogens (tertiary/aromatic N) is 2. The van der Waals surface area contributed by atoms with Crippen LogP contribution in [-0.4, -0.2) is 10.1 Å². The van der Waals surface area contributed by atoms with E-state index in [0.29, 0.717) is 5.82 Å². The molecule has 1 unspecified atom stereocenters. The van der Waals surface area contributed by atoms with Crippen molar-refractivity contribution in [1.82, 2.24) is 10.1 Å². The second-order valence-electron chi connectivity index (χ2n) is 4.32. The molecule has 1 aromatic heterocycles. The Morgan fingerprint density at radius 2 is 2.11 bits per heavy atom. The van der Waals surface area contributed by atoms with Crippen LogP contribution < -0.4 is 5.73 Å². The van der Waals surface area contributed by atoms with Gasteiger partial charge in [-0.3, -0.25) is 0 Å². The first-order valence-corrected chi connectivity index (χ1v) is 5.92. The van der Waals surface area contributed by atoms with E-state index in [-0.39, 0.29) is 28.4 Å². The van der Waals surface area contributed by atoms with E-state index in [2.05, 4.69) is 10.1 Å². The van der Waals surface area contributed by atoms with Crippen molar-refractivity contribution in [3.05, 3.63) is 34.9 Å². The molecule has 0 saturated heterocycles. The zero-order chi connectivity index (χ0) is 13.3. The van der Waals surface area contributed by atoms with Crippen LogP contribution in [0.5, 0.6) is 0 Å². The molecule has 0 fully saturated rings. The van der Waals surface area contributed by atoms with Crippen LogP contribution in [0.3, 0.4) is 0 Å². The van der Waals surface area contributed by atoms with Gasteiger partial charge in [-0.15, -0.1) is 0 Å². The number of halogens is 2. The average molecular weight is 270 g/mol. The van der Waals surface area contributed by atoms with E-state index in [1.165, 1.54) is 12.1 Å². The van der Waals surface area contributed by atoms with Gasteiger partial charge in [-0.25, -0.2) is 4.39 Å². The molecule has 0 spiro atoms. The summed E-state index contributed by atoms with van der Waals surface area (Å²) >= 11 is 5.92. The van der Waals surface area contributed by atoms with E-state index in [0.717, 1.165) is 0 Å². The van der Waals surface area contributed by atoms with Gasteiger partial charge in [-0.05, 0) is 18.1 Å². The fraction of sp³-hybridized carbons (Fsp3) is 0.333. The van der Waals surface area contributed by atoms with Gasteiger partial charge in [-0.1, -0.05) is 36.7 Å². The summed E-state index contributed by atoms with van der Waals surface area (Å²) in [6, 6.07) is 4.01. The Morgan fingerprint density at radius 3 is 2.72 bits per heavy atom. The monoisotopic (exact) mass is 269 g/mol. The van der Waals surface area contributed by atoms with Gasteiger partial charge in [0.1, 0.15) is 5.82 Å². The van der Waals surface area contributed by atoms with Crippen molar-refractivity contribution in [1.29, 1.82) is 0 Å². The Bertz CT molecular complexity index is 536. The molecule has 2 aromatic rings. The number of hydrogen-bond donors (Lipinski definition) is 1. The molecular formula is C12H13ClFN3O. The molecule has 1 atom stereocenters. The quantitative estimate of drug-likeness (QED) is 0.929. The predicted molar refractivity (Wildman–Crippen MR) is 66.5 cm³/mol. The second kappa shape index (κ2) is 5.04. The zero-order valence-electron chi connectivity index (χ0n) is 10.0. The molecule has 0 aliphatic heterocycles. The van der Waals surface area contributed by atoms with Crippen molar-refractivity contribution in [2.45, 2.75) is 19.9 Å². The number of nitrogens with two attached hydrogens (primary N) is 1. The molecule has 96 valence electrons. The van der Waals surface area contributed by atoms with E-state index in [1.54, 1.807) is 6.07 Å². The maximum atomic E-state index is 13.7. The fourth-order valence-electron chi connectivity index (χ4n) is 1.47. The molecule has 1 heterocycles. The van der Waals surface area contributed by atoms with Crippen molar-refractivity contribution >= 4 is 11.6 Å².